The summed E-state index contributed by atoms with van der Waals surface area (Å²) in [6, 6.07) is 10.3. The van der Waals surface area contributed by atoms with Gasteiger partial charge in [-0.05, 0) is 29.5 Å². The van der Waals surface area contributed by atoms with Crippen molar-refractivity contribution in [1.29, 1.82) is 5.26 Å². The molecule has 0 heterocycles. The summed E-state index contributed by atoms with van der Waals surface area (Å²) >= 11 is 0. The van der Waals surface area contributed by atoms with Crippen molar-refractivity contribution in [2.75, 3.05) is 6.61 Å². The molecule has 0 spiro atoms. The highest BCUT2D eigenvalue weighted by Crippen LogP contribution is 2.25. The summed E-state index contributed by atoms with van der Waals surface area (Å²) in [4.78, 5) is 0. The lowest BCUT2D eigenvalue weighted by molar-refractivity contribution is 0.312. The van der Waals surface area contributed by atoms with Gasteiger partial charge < -0.3 is 4.74 Å². The van der Waals surface area contributed by atoms with Crippen LogP contribution in [0.5, 0.6) is 5.75 Å². The molecule has 0 aliphatic rings. The maximum atomic E-state index is 8.41. The molecule has 0 saturated carbocycles. The lowest BCUT2D eigenvalue weighted by Gasteiger charge is -2.19. The normalized spacial score (nSPS) is 10.9. The Labute approximate surface area is 97.9 Å². The molecule has 0 N–H and O–H groups in total. The van der Waals surface area contributed by atoms with Crippen LogP contribution in [0.3, 0.4) is 0 Å². The molecule has 0 aliphatic heterocycles. The van der Waals surface area contributed by atoms with E-state index in [4.69, 9.17) is 10.00 Å². The Bertz CT molecular complexity index is 371. The Morgan fingerprint density at radius 2 is 2.06 bits per heavy atom. The first kappa shape index (κ1) is 12.6. The summed E-state index contributed by atoms with van der Waals surface area (Å²) in [6.45, 7) is 7.16. The molecular formula is C14H19NO. The highest BCUT2D eigenvalue weighted by molar-refractivity contribution is 5.32. The number of unbranched alkanes of at least 4 members (excludes halogenated alkanes) is 1. The molecule has 0 bridgehead atoms. The van der Waals surface area contributed by atoms with E-state index >= 15 is 0 Å². The van der Waals surface area contributed by atoms with E-state index in [-0.39, 0.29) is 5.41 Å². The molecule has 0 unspecified atom stereocenters. The van der Waals surface area contributed by atoms with Gasteiger partial charge in [-0.1, -0.05) is 32.9 Å². The topological polar surface area (TPSA) is 33.0 Å². The SMILES string of the molecule is CC(C)(C)c1cccc(OCCCC#N)c1. The van der Waals surface area contributed by atoms with Gasteiger partial charge in [-0.3, -0.25) is 0 Å². The van der Waals surface area contributed by atoms with Crippen molar-refractivity contribution in [3.05, 3.63) is 29.8 Å². The van der Waals surface area contributed by atoms with Crippen molar-refractivity contribution in [2.24, 2.45) is 0 Å². The van der Waals surface area contributed by atoms with Crippen LogP contribution >= 0.6 is 0 Å². The van der Waals surface area contributed by atoms with Crippen molar-refractivity contribution < 1.29 is 4.74 Å². The van der Waals surface area contributed by atoms with Crippen molar-refractivity contribution >= 4 is 0 Å². The lowest BCUT2D eigenvalue weighted by Crippen LogP contribution is -2.11. The molecule has 0 saturated heterocycles. The number of hydrogen-bond donors (Lipinski definition) is 0. The first-order valence-corrected chi connectivity index (χ1v) is 5.64. The number of benzene rings is 1. The van der Waals surface area contributed by atoms with Gasteiger partial charge in [-0.2, -0.15) is 5.26 Å². The highest BCUT2D eigenvalue weighted by Gasteiger charge is 2.13. The van der Waals surface area contributed by atoms with Crippen LogP contribution in [0.4, 0.5) is 0 Å². The maximum Gasteiger partial charge on any atom is 0.119 e. The second-order valence-corrected chi connectivity index (χ2v) is 4.89. The molecule has 0 fully saturated rings. The van der Waals surface area contributed by atoms with Gasteiger partial charge in [0.25, 0.3) is 0 Å². The van der Waals surface area contributed by atoms with Gasteiger partial charge in [0, 0.05) is 6.42 Å². The van der Waals surface area contributed by atoms with Gasteiger partial charge in [0.15, 0.2) is 0 Å². The number of nitriles is 1. The van der Waals surface area contributed by atoms with E-state index in [0.717, 1.165) is 12.2 Å². The molecule has 16 heavy (non-hydrogen) atoms. The van der Waals surface area contributed by atoms with Crippen LogP contribution in [-0.4, -0.2) is 6.61 Å². The standard InChI is InChI=1S/C14H19NO/c1-14(2,3)12-7-6-8-13(11-12)16-10-5-4-9-15/h6-8,11H,4-5,10H2,1-3H3. The molecule has 0 radical (unpaired) electrons. The zero-order valence-corrected chi connectivity index (χ0v) is 10.3. The van der Waals surface area contributed by atoms with Gasteiger partial charge >= 0.3 is 0 Å². The van der Waals surface area contributed by atoms with Crippen LogP contribution in [-0.2, 0) is 5.41 Å². The average Bonchev–Trinajstić information content (AvgIpc) is 2.24. The molecule has 1 rings (SSSR count). The summed E-state index contributed by atoms with van der Waals surface area (Å²) in [5.74, 6) is 0.894. The van der Waals surface area contributed by atoms with Gasteiger partial charge in [0.05, 0.1) is 12.7 Å². The number of hydrogen-bond acceptors (Lipinski definition) is 2. The van der Waals surface area contributed by atoms with Crippen molar-refractivity contribution in [2.45, 2.75) is 39.0 Å². The van der Waals surface area contributed by atoms with E-state index in [0.29, 0.717) is 13.0 Å². The van der Waals surface area contributed by atoms with Crippen LogP contribution < -0.4 is 4.74 Å². The fraction of sp³-hybridized carbons (Fsp3) is 0.500. The summed E-state index contributed by atoms with van der Waals surface area (Å²) in [5, 5.41) is 8.41. The number of rotatable bonds is 4. The zero-order chi connectivity index (χ0) is 12.0. The fourth-order valence-electron chi connectivity index (χ4n) is 1.39. The van der Waals surface area contributed by atoms with Crippen LogP contribution in [0, 0.1) is 11.3 Å². The Morgan fingerprint density at radius 3 is 2.69 bits per heavy atom. The Balaban J connectivity index is 2.58. The van der Waals surface area contributed by atoms with Gasteiger partial charge in [-0.15, -0.1) is 0 Å². The third-order valence-electron chi connectivity index (χ3n) is 2.40. The second kappa shape index (κ2) is 5.55. The van der Waals surface area contributed by atoms with Crippen molar-refractivity contribution in [3.63, 3.8) is 0 Å². The van der Waals surface area contributed by atoms with Gasteiger partial charge in [-0.25, -0.2) is 0 Å². The maximum absolute atomic E-state index is 8.41. The minimum absolute atomic E-state index is 0.145. The number of nitrogens with zero attached hydrogens (tertiary/aromatic N) is 1. The molecule has 0 aliphatic carbocycles. The molecule has 1 aromatic carbocycles. The van der Waals surface area contributed by atoms with Crippen LogP contribution in [0.15, 0.2) is 24.3 Å². The Kier molecular flexibility index (Phi) is 4.37. The van der Waals surface area contributed by atoms with Crippen molar-refractivity contribution in [1.82, 2.24) is 0 Å². The molecular weight excluding hydrogens is 198 g/mol. The predicted molar refractivity (Wildman–Crippen MR) is 65.5 cm³/mol. The van der Waals surface area contributed by atoms with Crippen LogP contribution in [0.2, 0.25) is 0 Å². The number of ether oxygens (including phenoxy) is 1. The predicted octanol–water partition coefficient (Wildman–Crippen LogP) is 3.67. The fourth-order valence-corrected chi connectivity index (χ4v) is 1.39. The summed E-state index contributed by atoms with van der Waals surface area (Å²) in [5.41, 5.74) is 1.41. The van der Waals surface area contributed by atoms with E-state index in [1.54, 1.807) is 0 Å². The minimum Gasteiger partial charge on any atom is -0.494 e. The molecule has 0 amide bonds. The molecule has 2 heteroatoms. The van der Waals surface area contributed by atoms with Crippen LogP contribution in [0.25, 0.3) is 0 Å². The largest absolute Gasteiger partial charge is 0.494 e. The summed E-state index contributed by atoms with van der Waals surface area (Å²) < 4.78 is 5.59. The first-order chi connectivity index (χ1) is 7.54. The third-order valence-corrected chi connectivity index (χ3v) is 2.40. The Hall–Kier alpha value is -1.49. The van der Waals surface area contributed by atoms with Crippen LogP contribution in [0.1, 0.15) is 39.2 Å². The quantitative estimate of drug-likeness (QED) is 0.721. The van der Waals surface area contributed by atoms with E-state index in [2.05, 4.69) is 39.0 Å². The highest BCUT2D eigenvalue weighted by atomic mass is 16.5. The molecule has 1 aromatic rings. The van der Waals surface area contributed by atoms with Crippen molar-refractivity contribution in [3.8, 4) is 11.8 Å². The first-order valence-electron chi connectivity index (χ1n) is 5.64. The molecule has 2 nitrogen and oxygen atoms in total. The van der Waals surface area contributed by atoms with E-state index in [9.17, 15) is 0 Å². The summed E-state index contributed by atoms with van der Waals surface area (Å²) in [6.07, 6.45) is 1.34. The van der Waals surface area contributed by atoms with Gasteiger partial charge in [0.1, 0.15) is 5.75 Å². The Morgan fingerprint density at radius 1 is 1.31 bits per heavy atom. The monoisotopic (exact) mass is 217 g/mol. The molecule has 0 aromatic heterocycles. The summed E-state index contributed by atoms with van der Waals surface area (Å²) in [7, 11) is 0. The molecule has 0 atom stereocenters. The molecule has 86 valence electrons. The van der Waals surface area contributed by atoms with E-state index in [1.165, 1.54) is 5.56 Å². The third kappa shape index (κ3) is 3.94. The lowest BCUT2D eigenvalue weighted by atomic mass is 9.87. The smallest absolute Gasteiger partial charge is 0.119 e. The minimum atomic E-state index is 0.145. The zero-order valence-electron chi connectivity index (χ0n) is 10.3. The van der Waals surface area contributed by atoms with E-state index in [1.807, 2.05) is 12.1 Å². The average molecular weight is 217 g/mol. The van der Waals surface area contributed by atoms with E-state index < -0.39 is 0 Å². The van der Waals surface area contributed by atoms with Gasteiger partial charge in [0.2, 0.25) is 0 Å². The second-order valence-electron chi connectivity index (χ2n) is 4.89.